The first-order valence-corrected chi connectivity index (χ1v) is 7.85. The number of aromatic nitrogens is 1. The zero-order chi connectivity index (χ0) is 16.9. The molecule has 5 heteroatoms. The molecule has 0 saturated carbocycles. The number of halogens is 1. The number of benzene rings is 2. The summed E-state index contributed by atoms with van der Waals surface area (Å²) >= 11 is 6.09. The molecule has 3 rings (SSSR count). The van der Waals surface area contributed by atoms with Crippen molar-refractivity contribution in [2.24, 2.45) is 0 Å². The molecule has 4 nitrogen and oxygen atoms in total. The summed E-state index contributed by atoms with van der Waals surface area (Å²) in [5, 5.41) is 6.70. The lowest BCUT2D eigenvalue weighted by molar-refractivity contribution is 0.102. The van der Waals surface area contributed by atoms with Crippen molar-refractivity contribution >= 4 is 34.6 Å². The topological polar surface area (TPSA) is 54.0 Å². The van der Waals surface area contributed by atoms with Gasteiger partial charge in [0.1, 0.15) is 0 Å². The van der Waals surface area contributed by atoms with E-state index in [1.54, 1.807) is 24.4 Å². The Hall–Kier alpha value is -2.85. The fraction of sp³-hybridized carbons (Fsp3) is 0.0526. The van der Waals surface area contributed by atoms with Crippen molar-refractivity contribution in [2.75, 3.05) is 10.6 Å². The van der Waals surface area contributed by atoms with Crippen LogP contribution in [0.2, 0.25) is 5.02 Å². The molecule has 1 amide bonds. The van der Waals surface area contributed by atoms with E-state index in [2.05, 4.69) is 15.6 Å². The van der Waals surface area contributed by atoms with Crippen LogP contribution in [0, 0.1) is 6.92 Å². The van der Waals surface area contributed by atoms with Crippen LogP contribution >= 0.6 is 11.6 Å². The number of anilines is 3. The van der Waals surface area contributed by atoms with Gasteiger partial charge in [-0.2, -0.15) is 0 Å². The highest BCUT2D eigenvalue weighted by molar-refractivity contribution is 6.31. The molecule has 0 saturated heterocycles. The van der Waals surface area contributed by atoms with Crippen molar-refractivity contribution < 1.29 is 4.79 Å². The standard InChI is InChI=1S/C19H16ClN3O/c1-13-17(20)8-5-9-18(13)23-19(24)14-10-16(12-21-11-14)22-15-6-3-2-4-7-15/h2-12,22H,1H3,(H,23,24). The summed E-state index contributed by atoms with van der Waals surface area (Å²) in [5.41, 5.74) is 3.67. The van der Waals surface area contributed by atoms with Crippen LogP contribution in [0.4, 0.5) is 17.1 Å². The van der Waals surface area contributed by atoms with Crippen molar-refractivity contribution in [3.05, 3.63) is 83.1 Å². The summed E-state index contributed by atoms with van der Waals surface area (Å²) in [4.78, 5) is 16.6. The van der Waals surface area contributed by atoms with Gasteiger partial charge in [-0.1, -0.05) is 35.9 Å². The minimum Gasteiger partial charge on any atom is -0.354 e. The molecule has 0 bridgehead atoms. The number of para-hydroxylation sites is 1. The molecule has 0 fully saturated rings. The van der Waals surface area contributed by atoms with Gasteiger partial charge in [0.2, 0.25) is 0 Å². The average Bonchev–Trinajstić information content (AvgIpc) is 2.60. The highest BCUT2D eigenvalue weighted by Crippen LogP contribution is 2.24. The molecule has 0 aliphatic heterocycles. The Labute approximate surface area is 145 Å². The quantitative estimate of drug-likeness (QED) is 0.701. The van der Waals surface area contributed by atoms with Crippen molar-refractivity contribution in [3.63, 3.8) is 0 Å². The Morgan fingerprint density at radius 2 is 1.79 bits per heavy atom. The van der Waals surface area contributed by atoms with Gasteiger partial charge in [0, 0.05) is 22.6 Å². The molecule has 0 aliphatic rings. The molecule has 2 N–H and O–H groups in total. The van der Waals surface area contributed by atoms with Gasteiger partial charge in [0.25, 0.3) is 5.91 Å². The third-order valence-electron chi connectivity index (χ3n) is 3.58. The van der Waals surface area contributed by atoms with E-state index in [0.717, 1.165) is 16.9 Å². The lowest BCUT2D eigenvalue weighted by Crippen LogP contribution is -2.13. The Kier molecular flexibility index (Phi) is 4.77. The smallest absolute Gasteiger partial charge is 0.257 e. The van der Waals surface area contributed by atoms with Crippen LogP contribution in [0.3, 0.4) is 0 Å². The molecule has 0 spiro atoms. The summed E-state index contributed by atoms with van der Waals surface area (Å²) in [6.07, 6.45) is 3.21. The second-order valence-electron chi connectivity index (χ2n) is 5.32. The number of pyridine rings is 1. The second kappa shape index (κ2) is 7.15. The van der Waals surface area contributed by atoms with Crippen LogP contribution in [0.25, 0.3) is 0 Å². The molecule has 24 heavy (non-hydrogen) atoms. The lowest BCUT2D eigenvalue weighted by Gasteiger charge is -2.11. The van der Waals surface area contributed by atoms with Crippen LogP contribution in [0.1, 0.15) is 15.9 Å². The van der Waals surface area contributed by atoms with Gasteiger partial charge >= 0.3 is 0 Å². The van der Waals surface area contributed by atoms with Crippen molar-refractivity contribution in [2.45, 2.75) is 6.92 Å². The molecule has 0 radical (unpaired) electrons. The van der Waals surface area contributed by atoms with Crippen LogP contribution in [0.5, 0.6) is 0 Å². The zero-order valence-electron chi connectivity index (χ0n) is 13.1. The van der Waals surface area contributed by atoms with E-state index in [1.807, 2.05) is 43.3 Å². The van der Waals surface area contributed by atoms with E-state index in [4.69, 9.17) is 11.6 Å². The fourth-order valence-electron chi connectivity index (χ4n) is 2.26. The van der Waals surface area contributed by atoms with Gasteiger partial charge in [-0.05, 0) is 42.8 Å². The number of carbonyl (C=O) groups excluding carboxylic acids is 1. The van der Waals surface area contributed by atoms with Gasteiger partial charge in [-0.15, -0.1) is 0 Å². The Morgan fingerprint density at radius 3 is 2.58 bits per heavy atom. The number of amides is 1. The largest absolute Gasteiger partial charge is 0.354 e. The average molecular weight is 338 g/mol. The Morgan fingerprint density at radius 1 is 1.00 bits per heavy atom. The minimum absolute atomic E-state index is 0.232. The maximum Gasteiger partial charge on any atom is 0.257 e. The zero-order valence-corrected chi connectivity index (χ0v) is 13.8. The number of nitrogens with one attached hydrogen (secondary N) is 2. The van der Waals surface area contributed by atoms with Gasteiger partial charge in [0.05, 0.1) is 17.4 Å². The SMILES string of the molecule is Cc1c(Cl)cccc1NC(=O)c1cncc(Nc2ccccc2)c1. The number of nitrogens with zero attached hydrogens (tertiary/aromatic N) is 1. The van der Waals surface area contributed by atoms with Gasteiger partial charge in [-0.3, -0.25) is 9.78 Å². The summed E-state index contributed by atoms with van der Waals surface area (Å²) in [6.45, 7) is 1.86. The minimum atomic E-state index is -0.232. The second-order valence-corrected chi connectivity index (χ2v) is 5.73. The van der Waals surface area contributed by atoms with Crippen molar-refractivity contribution in [1.82, 2.24) is 4.98 Å². The van der Waals surface area contributed by atoms with Crippen molar-refractivity contribution in [1.29, 1.82) is 0 Å². The molecule has 1 aromatic heterocycles. The van der Waals surface area contributed by atoms with Crippen molar-refractivity contribution in [3.8, 4) is 0 Å². The molecule has 0 aliphatic carbocycles. The van der Waals surface area contributed by atoms with E-state index in [9.17, 15) is 4.79 Å². The molecular weight excluding hydrogens is 322 g/mol. The monoisotopic (exact) mass is 337 g/mol. The Balaban J connectivity index is 1.78. The molecule has 1 heterocycles. The molecule has 3 aromatic rings. The maximum atomic E-state index is 12.5. The van der Waals surface area contributed by atoms with Gasteiger partial charge in [0.15, 0.2) is 0 Å². The Bertz CT molecular complexity index is 865. The first-order valence-electron chi connectivity index (χ1n) is 7.47. The fourth-order valence-corrected chi connectivity index (χ4v) is 2.43. The predicted octanol–water partition coefficient (Wildman–Crippen LogP) is 5.04. The lowest BCUT2D eigenvalue weighted by atomic mass is 10.2. The van der Waals surface area contributed by atoms with E-state index in [-0.39, 0.29) is 5.91 Å². The molecule has 0 atom stereocenters. The van der Waals surface area contributed by atoms with Gasteiger partial charge in [-0.25, -0.2) is 0 Å². The third kappa shape index (κ3) is 3.73. The number of carbonyl (C=O) groups is 1. The molecule has 120 valence electrons. The molecule has 2 aromatic carbocycles. The molecular formula is C19H16ClN3O. The van der Waals surface area contributed by atoms with E-state index < -0.39 is 0 Å². The number of rotatable bonds is 4. The van der Waals surface area contributed by atoms with Crippen LogP contribution in [0.15, 0.2) is 67.0 Å². The third-order valence-corrected chi connectivity index (χ3v) is 3.99. The highest BCUT2D eigenvalue weighted by Gasteiger charge is 2.10. The van der Waals surface area contributed by atoms with E-state index >= 15 is 0 Å². The first kappa shape index (κ1) is 16.0. The van der Waals surface area contributed by atoms with E-state index in [0.29, 0.717) is 16.3 Å². The maximum absolute atomic E-state index is 12.5. The number of hydrogen-bond acceptors (Lipinski definition) is 3. The van der Waals surface area contributed by atoms with Gasteiger partial charge < -0.3 is 10.6 Å². The van der Waals surface area contributed by atoms with E-state index in [1.165, 1.54) is 6.20 Å². The normalized spacial score (nSPS) is 10.2. The molecule has 0 unspecified atom stereocenters. The summed E-state index contributed by atoms with van der Waals surface area (Å²) < 4.78 is 0. The van der Waals surface area contributed by atoms with Crippen LogP contribution < -0.4 is 10.6 Å². The first-order chi connectivity index (χ1) is 11.6. The van der Waals surface area contributed by atoms with Crippen LogP contribution in [-0.4, -0.2) is 10.9 Å². The summed E-state index contributed by atoms with van der Waals surface area (Å²) in [7, 11) is 0. The predicted molar refractivity (Wildman–Crippen MR) is 98.1 cm³/mol. The van der Waals surface area contributed by atoms with Crippen LogP contribution in [-0.2, 0) is 0 Å². The number of hydrogen-bond donors (Lipinski definition) is 2. The highest BCUT2D eigenvalue weighted by atomic mass is 35.5. The summed E-state index contributed by atoms with van der Waals surface area (Å²) in [6, 6.07) is 16.9. The summed E-state index contributed by atoms with van der Waals surface area (Å²) in [5.74, 6) is -0.232.